The zero-order chi connectivity index (χ0) is 9.30. The molecule has 0 bridgehead atoms. The fraction of sp³-hybridized carbons (Fsp3) is 0.667. The molecule has 3 nitrogen and oxygen atoms in total. The maximum Gasteiger partial charge on any atom is 0.334 e. The highest BCUT2D eigenvalue weighted by Gasteiger charge is 2.32. The summed E-state index contributed by atoms with van der Waals surface area (Å²) in [5.74, 6) is -0.301. The lowest BCUT2D eigenvalue weighted by molar-refractivity contribution is -0.143. The molecule has 1 heterocycles. The van der Waals surface area contributed by atoms with Crippen LogP contribution in [0.1, 0.15) is 27.2 Å². The molecule has 1 N–H and O–H groups in total. The van der Waals surface area contributed by atoms with Crippen LogP contribution >= 0.6 is 0 Å². The number of aliphatic hydroxyl groups excluding tert-OH is 1. The first-order valence-corrected chi connectivity index (χ1v) is 4.14. The van der Waals surface area contributed by atoms with Gasteiger partial charge in [0.2, 0.25) is 0 Å². The Bertz CT molecular complexity index is 230. The second-order valence-corrected chi connectivity index (χ2v) is 3.11. The van der Waals surface area contributed by atoms with Crippen LogP contribution in [0.2, 0.25) is 0 Å². The number of carbonyl (C=O) groups is 1. The molecule has 2 atom stereocenters. The summed E-state index contributed by atoms with van der Waals surface area (Å²) in [5.41, 5.74) is 1.49. The molecular formula is C9H14O3. The summed E-state index contributed by atoms with van der Waals surface area (Å²) in [6.45, 7) is 5.41. The van der Waals surface area contributed by atoms with Crippen LogP contribution in [-0.2, 0) is 9.53 Å². The minimum atomic E-state index is -0.564. The Morgan fingerprint density at radius 3 is 2.50 bits per heavy atom. The number of ether oxygens (including phenoxy) is 1. The smallest absolute Gasteiger partial charge is 0.334 e. The van der Waals surface area contributed by atoms with E-state index in [0.717, 1.165) is 5.57 Å². The Labute approximate surface area is 72.0 Å². The number of esters is 1. The van der Waals surface area contributed by atoms with E-state index in [0.29, 0.717) is 12.0 Å². The Morgan fingerprint density at radius 2 is 2.17 bits per heavy atom. The predicted octanol–water partition coefficient (Wildman–Crippen LogP) is 1.02. The average molecular weight is 170 g/mol. The van der Waals surface area contributed by atoms with Crippen LogP contribution < -0.4 is 0 Å². The summed E-state index contributed by atoms with van der Waals surface area (Å²) in [6.07, 6.45) is -0.378. The summed E-state index contributed by atoms with van der Waals surface area (Å²) in [4.78, 5) is 11.0. The Kier molecular flexibility index (Phi) is 2.52. The van der Waals surface area contributed by atoms with Gasteiger partial charge in [0.1, 0.15) is 6.10 Å². The second kappa shape index (κ2) is 3.27. The van der Waals surface area contributed by atoms with E-state index >= 15 is 0 Å². The van der Waals surface area contributed by atoms with Crippen LogP contribution in [0.4, 0.5) is 0 Å². The Balaban J connectivity index is 2.80. The summed E-state index contributed by atoms with van der Waals surface area (Å²) >= 11 is 0. The second-order valence-electron chi connectivity index (χ2n) is 3.11. The maximum absolute atomic E-state index is 11.0. The number of hydrogen-bond donors (Lipinski definition) is 1. The van der Waals surface area contributed by atoms with E-state index in [1.807, 2.05) is 13.8 Å². The van der Waals surface area contributed by atoms with Crippen molar-refractivity contribution in [2.75, 3.05) is 0 Å². The predicted molar refractivity (Wildman–Crippen MR) is 44.6 cm³/mol. The largest absolute Gasteiger partial charge is 0.452 e. The van der Waals surface area contributed by atoms with Crippen LogP contribution in [0.25, 0.3) is 0 Å². The van der Waals surface area contributed by atoms with E-state index in [-0.39, 0.29) is 5.97 Å². The molecule has 12 heavy (non-hydrogen) atoms. The van der Waals surface area contributed by atoms with Gasteiger partial charge in [-0.15, -0.1) is 0 Å². The molecule has 1 aliphatic heterocycles. The molecule has 0 radical (unpaired) electrons. The van der Waals surface area contributed by atoms with Gasteiger partial charge in [0.05, 0.1) is 6.10 Å². The Hall–Kier alpha value is -0.830. The van der Waals surface area contributed by atoms with E-state index < -0.39 is 12.2 Å². The number of hydrogen-bond acceptors (Lipinski definition) is 3. The summed E-state index contributed by atoms with van der Waals surface area (Å²) in [7, 11) is 0. The molecule has 1 rings (SSSR count). The molecule has 0 spiro atoms. The van der Waals surface area contributed by atoms with E-state index in [4.69, 9.17) is 4.74 Å². The molecule has 1 aliphatic rings. The topological polar surface area (TPSA) is 46.5 Å². The minimum Gasteiger partial charge on any atom is -0.452 e. The van der Waals surface area contributed by atoms with Crippen molar-refractivity contribution in [3.63, 3.8) is 0 Å². The zero-order valence-corrected chi connectivity index (χ0v) is 7.63. The molecule has 0 amide bonds. The fourth-order valence-corrected chi connectivity index (χ4v) is 1.25. The highest BCUT2D eigenvalue weighted by Crippen LogP contribution is 2.25. The van der Waals surface area contributed by atoms with Crippen molar-refractivity contribution in [3.8, 4) is 0 Å². The summed E-state index contributed by atoms with van der Waals surface area (Å²) in [6, 6.07) is 0. The molecule has 0 saturated heterocycles. The number of rotatable bonds is 2. The van der Waals surface area contributed by atoms with E-state index in [9.17, 15) is 9.90 Å². The van der Waals surface area contributed by atoms with Crippen LogP contribution in [-0.4, -0.2) is 23.3 Å². The first-order chi connectivity index (χ1) is 5.57. The van der Waals surface area contributed by atoms with E-state index in [1.165, 1.54) is 0 Å². The van der Waals surface area contributed by atoms with Gasteiger partial charge >= 0.3 is 5.97 Å². The highest BCUT2D eigenvalue weighted by molar-refractivity contribution is 5.91. The molecule has 0 saturated carbocycles. The average Bonchev–Trinajstić information content (AvgIpc) is 2.32. The van der Waals surface area contributed by atoms with Gasteiger partial charge in [0.15, 0.2) is 0 Å². The van der Waals surface area contributed by atoms with Crippen LogP contribution in [0, 0.1) is 0 Å². The molecule has 0 aliphatic carbocycles. The molecular weight excluding hydrogens is 156 g/mol. The molecule has 0 aromatic heterocycles. The van der Waals surface area contributed by atoms with Gasteiger partial charge in [-0.25, -0.2) is 4.79 Å². The molecule has 0 fully saturated rings. The van der Waals surface area contributed by atoms with Crippen molar-refractivity contribution in [2.45, 2.75) is 39.4 Å². The van der Waals surface area contributed by atoms with Crippen molar-refractivity contribution >= 4 is 5.97 Å². The summed E-state index contributed by atoms with van der Waals surface area (Å²) in [5, 5.41) is 9.45. The molecule has 0 aromatic rings. The van der Waals surface area contributed by atoms with Gasteiger partial charge in [-0.2, -0.15) is 0 Å². The molecule has 3 heteroatoms. The Morgan fingerprint density at radius 1 is 1.58 bits per heavy atom. The maximum atomic E-state index is 11.0. The van der Waals surface area contributed by atoms with Crippen molar-refractivity contribution in [3.05, 3.63) is 11.1 Å². The zero-order valence-electron chi connectivity index (χ0n) is 7.63. The van der Waals surface area contributed by atoms with Gasteiger partial charge in [-0.1, -0.05) is 6.92 Å². The quantitative estimate of drug-likeness (QED) is 0.629. The fourth-order valence-electron chi connectivity index (χ4n) is 1.25. The first kappa shape index (κ1) is 9.26. The van der Waals surface area contributed by atoms with E-state index in [1.54, 1.807) is 6.92 Å². The van der Waals surface area contributed by atoms with Gasteiger partial charge in [0.25, 0.3) is 0 Å². The third kappa shape index (κ3) is 1.37. The summed E-state index contributed by atoms with van der Waals surface area (Å²) < 4.78 is 4.98. The van der Waals surface area contributed by atoms with Gasteiger partial charge in [-0.3, -0.25) is 0 Å². The molecule has 0 aromatic carbocycles. The lowest BCUT2D eigenvalue weighted by atomic mass is 10.0. The molecule has 68 valence electrons. The van der Waals surface area contributed by atoms with Crippen LogP contribution in [0.3, 0.4) is 0 Å². The minimum absolute atomic E-state index is 0.301. The standard InChI is InChI=1S/C9H14O3/c1-4-7(10)8-5(2)6(3)9(11)12-8/h7-8,10H,4H2,1-3H3. The number of aliphatic hydroxyl groups is 1. The number of carbonyl (C=O) groups excluding carboxylic acids is 1. The van der Waals surface area contributed by atoms with Gasteiger partial charge in [-0.05, 0) is 25.8 Å². The van der Waals surface area contributed by atoms with Crippen molar-refractivity contribution in [1.29, 1.82) is 0 Å². The van der Waals surface area contributed by atoms with Gasteiger partial charge < -0.3 is 9.84 Å². The number of cyclic esters (lactones) is 1. The van der Waals surface area contributed by atoms with Crippen molar-refractivity contribution in [2.24, 2.45) is 0 Å². The van der Waals surface area contributed by atoms with Gasteiger partial charge in [0, 0.05) is 5.57 Å². The van der Waals surface area contributed by atoms with Crippen molar-refractivity contribution in [1.82, 2.24) is 0 Å². The molecule has 2 unspecified atom stereocenters. The third-order valence-electron chi connectivity index (χ3n) is 2.33. The lowest BCUT2D eigenvalue weighted by Crippen LogP contribution is -2.27. The monoisotopic (exact) mass is 170 g/mol. The third-order valence-corrected chi connectivity index (χ3v) is 2.33. The van der Waals surface area contributed by atoms with Crippen LogP contribution in [0.5, 0.6) is 0 Å². The van der Waals surface area contributed by atoms with E-state index in [2.05, 4.69) is 0 Å². The normalized spacial score (nSPS) is 26.0. The first-order valence-electron chi connectivity index (χ1n) is 4.14. The van der Waals surface area contributed by atoms with Crippen molar-refractivity contribution < 1.29 is 14.6 Å². The van der Waals surface area contributed by atoms with Crippen LogP contribution in [0.15, 0.2) is 11.1 Å². The lowest BCUT2D eigenvalue weighted by Gasteiger charge is -2.16. The SMILES string of the molecule is CCC(O)C1OC(=O)C(C)=C1C. The highest BCUT2D eigenvalue weighted by atomic mass is 16.6.